The first kappa shape index (κ1) is 21.3. The molecule has 5 rings (SSSR count). The molecule has 7 heteroatoms. The van der Waals surface area contributed by atoms with Crippen molar-refractivity contribution in [2.75, 3.05) is 0 Å². The van der Waals surface area contributed by atoms with Crippen LogP contribution in [0.2, 0.25) is 0 Å². The first-order chi connectivity index (χ1) is 16.0. The number of hydrogen-bond acceptors (Lipinski definition) is 4. The van der Waals surface area contributed by atoms with E-state index in [0.29, 0.717) is 6.54 Å². The van der Waals surface area contributed by atoms with Crippen LogP contribution in [0.3, 0.4) is 0 Å². The summed E-state index contributed by atoms with van der Waals surface area (Å²) in [6.45, 7) is 7.08. The number of rotatable bonds is 5. The summed E-state index contributed by atoms with van der Waals surface area (Å²) in [7, 11) is 0. The number of hydrogen-bond donors (Lipinski definition) is 1. The Hall–Kier alpha value is -3.58. The van der Waals surface area contributed by atoms with E-state index in [1.165, 1.54) is 5.56 Å². The van der Waals surface area contributed by atoms with Crippen molar-refractivity contribution in [2.24, 2.45) is 0 Å². The van der Waals surface area contributed by atoms with Crippen molar-refractivity contribution in [2.45, 2.75) is 39.4 Å². The lowest BCUT2D eigenvalue weighted by atomic mass is 9.96. The molecule has 0 unspecified atom stereocenters. The summed E-state index contributed by atoms with van der Waals surface area (Å²) >= 11 is 5.84. The first-order valence-corrected chi connectivity index (χ1v) is 11.4. The summed E-state index contributed by atoms with van der Waals surface area (Å²) in [5, 5.41) is 4.28. The van der Waals surface area contributed by atoms with E-state index in [4.69, 9.17) is 12.2 Å². The fourth-order valence-electron chi connectivity index (χ4n) is 4.72. The highest BCUT2D eigenvalue weighted by Crippen LogP contribution is 2.42. The van der Waals surface area contributed by atoms with Crippen molar-refractivity contribution in [3.63, 3.8) is 0 Å². The topological polar surface area (TPSA) is 58.9 Å². The predicted molar refractivity (Wildman–Crippen MR) is 133 cm³/mol. The molecule has 1 fully saturated rings. The molecule has 1 aliphatic heterocycles. The minimum Gasteiger partial charge on any atom is -0.352 e. The van der Waals surface area contributed by atoms with Crippen LogP contribution in [0.15, 0.2) is 73.3 Å². The van der Waals surface area contributed by atoms with Crippen molar-refractivity contribution in [1.29, 1.82) is 0 Å². The largest absolute Gasteiger partial charge is 0.352 e. The molecule has 0 amide bonds. The zero-order chi connectivity index (χ0) is 22.9. The molecule has 1 aliphatic rings. The van der Waals surface area contributed by atoms with Crippen molar-refractivity contribution < 1.29 is 0 Å². The second-order valence-electron chi connectivity index (χ2n) is 8.42. The lowest BCUT2D eigenvalue weighted by molar-refractivity contribution is 0.310. The minimum absolute atomic E-state index is 0.00969. The van der Waals surface area contributed by atoms with Crippen LogP contribution in [0.4, 0.5) is 0 Å². The molecular weight excluding hydrogens is 428 g/mol. The Morgan fingerprint density at radius 3 is 2.45 bits per heavy atom. The van der Waals surface area contributed by atoms with E-state index in [9.17, 15) is 0 Å². The summed E-state index contributed by atoms with van der Waals surface area (Å²) in [6, 6.07) is 16.4. The third-order valence-corrected chi connectivity index (χ3v) is 6.63. The third kappa shape index (κ3) is 3.89. The maximum Gasteiger partial charge on any atom is 0.170 e. The monoisotopic (exact) mass is 454 g/mol. The van der Waals surface area contributed by atoms with E-state index in [1.54, 1.807) is 0 Å². The molecule has 0 aromatic carbocycles. The molecule has 5 heterocycles. The van der Waals surface area contributed by atoms with Gasteiger partial charge < -0.3 is 14.8 Å². The van der Waals surface area contributed by atoms with Gasteiger partial charge in [-0.2, -0.15) is 0 Å². The fraction of sp³-hybridized carbons (Fsp3) is 0.231. The molecule has 6 nitrogen and oxygen atoms in total. The molecule has 0 radical (unpaired) electrons. The Bertz CT molecular complexity index is 1280. The maximum atomic E-state index is 5.84. The number of aromatic nitrogens is 4. The molecule has 0 aliphatic carbocycles. The molecule has 1 saturated heterocycles. The second-order valence-corrected chi connectivity index (χ2v) is 8.80. The number of nitrogens with zero attached hydrogens (tertiary/aromatic N) is 5. The molecule has 33 heavy (non-hydrogen) atoms. The Morgan fingerprint density at radius 2 is 1.73 bits per heavy atom. The Balaban J connectivity index is 1.63. The lowest BCUT2D eigenvalue weighted by Crippen LogP contribution is -2.29. The van der Waals surface area contributed by atoms with Crippen LogP contribution >= 0.6 is 12.2 Å². The van der Waals surface area contributed by atoms with Gasteiger partial charge in [0.1, 0.15) is 5.82 Å². The van der Waals surface area contributed by atoms with Gasteiger partial charge in [-0.3, -0.25) is 9.97 Å². The zero-order valence-corrected chi connectivity index (χ0v) is 19.8. The predicted octanol–water partition coefficient (Wildman–Crippen LogP) is 4.76. The van der Waals surface area contributed by atoms with Crippen LogP contribution in [0.5, 0.6) is 0 Å². The summed E-state index contributed by atoms with van der Waals surface area (Å²) in [5.41, 5.74) is 6.80. The number of pyridine rings is 3. The fourth-order valence-corrected chi connectivity index (χ4v) is 5.03. The number of nitrogens with one attached hydrogen (secondary N) is 1. The Kier molecular flexibility index (Phi) is 5.64. The van der Waals surface area contributed by atoms with Gasteiger partial charge in [-0.1, -0.05) is 12.1 Å². The van der Waals surface area contributed by atoms with Gasteiger partial charge in [-0.15, -0.1) is 0 Å². The zero-order valence-electron chi connectivity index (χ0n) is 18.9. The van der Waals surface area contributed by atoms with Crippen LogP contribution in [-0.4, -0.2) is 29.5 Å². The highest BCUT2D eigenvalue weighted by atomic mass is 32.1. The van der Waals surface area contributed by atoms with E-state index in [-0.39, 0.29) is 12.1 Å². The van der Waals surface area contributed by atoms with Gasteiger partial charge in [0.25, 0.3) is 0 Å². The lowest BCUT2D eigenvalue weighted by Gasteiger charge is -2.28. The van der Waals surface area contributed by atoms with Crippen LogP contribution in [0, 0.1) is 20.8 Å². The van der Waals surface area contributed by atoms with E-state index < -0.39 is 0 Å². The molecule has 0 bridgehead atoms. The van der Waals surface area contributed by atoms with E-state index >= 15 is 0 Å². The van der Waals surface area contributed by atoms with Crippen LogP contribution in [0.25, 0.3) is 5.82 Å². The van der Waals surface area contributed by atoms with Crippen molar-refractivity contribution >= 4 is 17.3 Å². The van der Waals surface area contributed by atoms with Crippen LogP contribution in [-0.2, 0) is 6.54 Å². The molecule has 4 aromatic heterocycles. The molecule has 0 spiro atoms. The minimum atomic E-state index is -0.0562. The van der Waals surface area contributed by atoms with Gasteiger partial charge in [0, 0.05) is 42.7 Å². The van der Waals surface area contributed by atoms with Gasteiger partial charge in [0.05, 0.1) is 17.8 Å². The number of aryl methyl sites for hydroxylation is 2. The van der Waals surface area contributed by atoms with Gasteiger partial charge >= 0.3 is 0 Å². The normalized spacial score (nSPS) is 17.9. The summed E-state index contributed by atoms with van der Waals surface area (Å²) in [5.74, 6) is 0.961. The van der Waals surface area contributed by atoms with Gasteiger partial charge in [0.15, 0.2) is 5.11 Å². The first-order valence-electron chi connectivity index (χ1n) is 11.0. The quantitative estimate of drug-likeness (QED) is 0.439. The van der Waals surface area contributed by atoms with E-state index in [1.807, 2.05) is 55.1 Å². The van der Waals surface area contributed by atoms with Gasteiger partial charge in [0.2, 0.25) is 0 Å². The molecular formula is C26H26N6S. The summed E-state index contributed by atoms with van der Waals surface area (Å²) in [4.78, 5) is 15.8. The van der Waals surface area contributed by atoms with Crippen LogP contribution in [0.1, 0.15) is 45.9 Å². The average molecular weight is 455 g/mol. The van der Waals surface area contributed by atoms with Gasteiger partial charge in [-0.05, 0) is 86.1 Å². The maximum absolute atomic E-state index is 5.84. The standard InChI is InChI=1S/C26H26N6S/c1-17-7-6-12-29-25(17)32-18(2)15-21(19(32)3)24-23(22-8-4-5-11-28-22)30-26(33)31(24)16-20-9-13-27-14-10-20/h4-15,23-24H,16H2,1-3H3,(H,30,33)/t23-,24-/m1/s1. The van der Waals surface area contributed by atoms with Gasteiger partial charge in [-0.25, -0.2) is 4.98 Å². The third-order valence-electron chi connectivity index (χ3n) is 6.28. The van der Waals surface area contributed by atoms with Crippen LogP contribution < -0.4 is 5.32 Å². The summed E-state index contributed by atoms with van der Waals surface area (Å²) in [6.07, 6.45) is 7.33. The Labute approximate surface area is 199 Å². The number of thiocarbonyl (C=S) groups is 1. The van der Waals surface area contributed by atoms with Crippen molar-refractivity contribution in [3.8, 4) is 5.82 Å². The second kappa shape index (κ2) is 8.75. The molecule has 0 saturated carbocycles. The van der Waals surface area contributed by atoms with Crippen molar-refractivity contribution in [3.05, 3.63) is 107 Å². The highest BCUT2D eigenvalue weighted by Gasteiger charge is 2.41. The Morgan fingerprint density at radius 1 is 0.939 bits per heavy atom. The SMILES string of the molecule is Cc1cccnc1-n1c(C)cc([C@@H]2[C@@H](c3ccccn3)NC(=S)N2Cc2ccncc2)c1C. The molecule has 2 atom stereocenters. The van der Waals surface area contributed by atoms with E-state index in [2.05, 4.69) is 68.7 Å². The molecule has 1 N–H and O–H groups in total. The summed E-state index contributed by atoms with van der Waals surface area (Å²) < 4.78 is 2.24. The molecule has 166 valence electrons. The van der Waals surface area contributed by atoms with Crippen molar-refractivity contribution in [1.82, 2.24) is 29.7 Å². The highest BCUT2D eigenvalue weighted by molar-refractivity contribution is 7.80. The van der Waals surface area contributed by atoms with E-state index in [0.717, 1.165) is 39.1 Å². The average Bonchev–Trinajstić information content (AvgIpc) is 3.30. The smallest absolute Gasteiger partial charge is 0.170 e. The molecule has 4 aromatic rings.